The summed E-state index contributed by atoms with van der Waals surface area (Å²) in [6.45, 7) is 1.34. The van der Waals surface area contributed by atoms with Crippen molar-refractivity contribution >= 4 is 35.7 Å². The van der Waals surface area contributed by atoms with Crippen LogP contribution in [0.2, 0.25) is 0 Å². The predicted octanol–water partition coefficient (Wildman–Crippen LogP) is 3.13. The van der Waals surface area contributed by atoms with Gasteiger partial charge in [0.1, 0.15) is 0 Å². The van der Waals surface area contributed by atoms with Gasteiger partial charge in [-0.05, 0) is 48.7 Å². The number of ether oxygens (including phenoxy) is 2. The first-order chi connectivity index (χ1) is 16.6. The number of methoxy groups -OCH3 is 1. The van der Waals surface area contributed by atoms with Gasteiger partial charge in [0, 0.05) is 18.8 Å². The molecule has 0 spiro atoms. The maximum atomic E-state index is 10.7. The summed E-state index contributed by atoms with van der Waals surface area (Å²) in [5, 5.41) is 16.2. The second-order valence-electron chi connectivity index (χ2n) is 7.43. The average Bonchev–Trinajstić information content (AvgIpc) is 3.39. The first kappa shape index (κ1) is 22.8. The van der Waals surface area contributed by atoms with E-state index in [1.807, 2.05) is 30.3 Å². The third-order valence-electron chi connectivity index (χ3n) is 4.96. The molecule has 1 saturated heterocycles. The van der Waals surface area contributed by atoms with Gasteiger partial charge in [0.2, 0.25) is 17.8 Å². The average molecular weight is 463 g/mol. The van der Waals surface area contributed by atoms with E-state index in [1.54, 1.807) is 24.4 Å². The van der Waals surface area contributed by atoms with Gasteiger partial charge in [0.05, 0.1) is 13.3 Å². The molecule has 0 saturated carbocycles. The molecule has 1 aromatic heterocycles. The molecule has 3 N–H and O–H groups in total. The van der Waals surface area contributed by atoms with E-state index in [0.29, 0.717) is 34.9 Å². The summed E-state index contributed by atoms with van der Waals surface area (Å²) in [5.41, 5.74) is 4.45. The van der Waals surface area contributed by atoms with Crippen molar-refractivity contribution in [1.29, 1.82) is 0 Å². The number of aliphatic carboxylic acids is 1. The maximum absolute atomic E-state index is 10.7. The Hall–Kier alpha value is -4.41. The van der Waals surface area contributed by atoms with Gasteiger partial charge in [-0.25, -0.2) is 10.2 Å². The number of para-hydroxylation sites is 1. The van der Waals surface area contributed by atoms with Gasteiger partial charge in [-0.15, -0.1) is 0 Å². The zero-order chi connectivity index (χ0) is 23.8. The standard InChI is InChI=1S/C23H25N7O4/c1-33-19-13-16(9-10-18(19)34-15-20(31)32)14-24-29-22-26-21(25-17-7-3-2-4-8-17)27-23(28-22)30-11-5-6-12-30/h2-4,7-10,13-14H,5-6,11-12,15H2,1H3,(H,31,32)(H2,25,26,27,28,29). The van der Waals surface area contributed by atoms with Crippen molar-refractivity contribution in [3.63, 3.8) is 0 Å². The number of carboxylic acids is 1. The zero-order valence-corrected chi connectivity index (χ0v) is 18.6. The summed E-state index contributed by atoms with van der Waals surface area (Å²) in [6, 6.07) is 14.7. The first-order valence-electron chi connectivity index (χ1n) is 10.8. The second-order valence-corrected chi connectivity index (χ2v) is 7.43. The normalized spacial score (nSPS) is 13.1. The molecule has 1 aliphatic heterocycles. The van der Waals surface area contributed by atoms with E-state index in [2.05, 4.69) is 35.7 Å². The Balaban J connectivity index is 1.50. The Bertz CT molecular complexity index is 1150. The topological polar surface area (TPSA) is 134 Å². The lowest BCUT2D eigenvalue weighted by Gasteiger charge is -2.16. The molecule has 0 amide bonds. The molecule has 11 heteroatoms. The van der Waals surface area contributed by atoms with E-state index in [1.165, 1.54) is 7.11 Å². The molecule has 0 atom stereocenters. The van der Waals surface area contributed by atoms with E-state index >= 15 is 0 Å². The highest BCUT2D eigenvalue weighted by Crippen LogP contribution is 2.27. The van der Waals surface area contributed by atoms with E-state index in [9.17, 15) is 4.79 Å². The quantitative estimate of drug-likeness (QED) is 0.304. The van der Waals surface area contributed by atoms with Gasteiger partial charge in [-0.2, -0.15) is 20.1 Å². The molecule has 0 aliphatic carbocycles. The van der Waals surface area contributed by atoms with Crippen molar-refractivity contribution in [3.8, 4) is 11.5 Å². The van der Waals surface area contributed by atoms with Gasteiger partial charge < -0.3 is 24.8 Å². The number of rotatable bonds is 10. The summed E-state index contributed by atoms with van der Waals surface area (Å²) < 4.78 is 10.5. The molecule has 0 bridgehead atoms. The lowest BCUT2D eigenvalue weighted by atomic mass is 10.2. The summed E-state index contributed by atoms with van der Waals surface area (Å²) in [4.78, 5) is 26.4. The number of aromatic nitrogens is 3. The van der Waals surface area contributed by atoms with Crippen LogP contribution >= 0.6 is 0 Å². The molecule has 4 rings (SSSR count). The number of benzene rings is 2. The molecule has 3 aromatic rings. The van der Waals surface area contributed by atoms with Crippen molar-refractivity contribution < 1.29 is 19.4 Å². The van der Waals surface area contributed by atoms with Gasteiger partial charge in [0.25, 0.3) is 0 Å². The SMILES string of the molecule is COc1cc(C=NNc2nc(Nc3ccccc3)nc(N3CCCC3)n2)ccc1OCC(=O)O. The molecule has 11 nitrogen and oxygen atoms in total. The number of carboxylic acid groups (broad SMARTS) is 1. The van der Waals surface area contributed by atoms with Crippen LogP contribution in [-0.4, -0.2) is 59.0 Å². The summed E-state index contributed by atoms with van der Waals surface area (Å²) >= 11 is 0. The minimum Gasteiger partial charge on any atom is -0.493 e. The molecule has 176 valence electrons. The van der Waals surface area contributed by atoms with Crippen molar-refractivity contribution in [3.05, 3.63) is 54.1 Å². The molecule has 34 heavy (non-hydrogen) atoms. The Labute approximate surface area is 196 Å². The van der Waals surface area contributed by atoms with Crippen LogP contribution in [0.1, 0.15) is 18.4 Å². The molecule has 0 radical (unpaired) electrons. The van der Waals surface area contributed by atoms with Crippen molar-refractivity contribution in [2.45, 2.75) is 12.8 Å². The predicted molar refractivity (Wildman–Crippen MR) is 128 cm³/mol. The fourth-order valence-corrected chi connectivity index (χ4v) is 3.37. The van der Waals surface area contributed by atoms with Crippen molar-refractivity contribution in [1.82, 2.24) is 15.0 Å². The third kappa shape index (κ3) is 6.09. The van der Waals surface area contributed by atoms with Crippen LogP contribution in [0.4, 0.5) is 23.5 Å². The fourth-order valence-electron chi connectivity index (χ4n) is 3.37. The fraction of sp³-hybridized carbons (Fsp3) is 0.261. The zero-order valence-electron chi connectivity index (χ0n) is 18.6. The summed E-state index contributed by atoms with van der Waals surface area (Å²) in [5.74, 6) is 0.978. The highest BCUT2D eigenvalue weighted by atomic mass is 16.5. The molecular formula is C23H25N7O4. The number of hydrogen-bond acceptors (Lipinski definition) is 10. The van der Waals surface area contributed by atoms with Crippen molar-refractivity contribution in [2.75, 3.05) is 42.4 Å². The summed E-state index contributed by atoms with van der Waals surface area (Å²) in [7, 11) is 1.48. The molecule has 1 aliphatic rings. The third-order valence-corrected chi connectivity index (χ3v) is 4.96. The lowest BCUT2D eigenvalue weighted by molar-refractivity contribution is -0.139. The van der Waals surface area contributed by atoms with Gasteiger partial charge in [-0.1, -0.05) is 18.2 Å². The minimum atomic E-state index is -1.07. The smallest absolute Gasteiger partial charge is 0.341 e. The van der Waals surface area contributed by atoms with Crippen molar-refractivity contribution in [2.24, 2.45) is 5.10 Å². The van der Waals surface area contributed by atoms with Crippen LogP contribution in [-0.2, 0) is 4.79 Å². The Morgan fingerprint density at radius 1 is 1.09 bits per heavy atom. The van der Waals surface area contributed by atoms with Gasteiger partial charge >= 0.3 is 5.97 Å². The number of nitrogens with zero attached hydrogens (tertiary/aromatic N) is 5. The Kier molecular flexibility index (Phi) is 7.33. The van der Waals surface area contributed by atoms with E-state index in [4.69, 9.17) is 14.6 Å². The minimum absolute atomic E-state index is 0.306. The van der Waals surface area contributed by atoms with E-state index in [-0.39, 0.29) is 0 Å². The van der Waals surface area contributed by atoms with Crippen LogP contribution in [0.15, 0.2) is 53.6 Å². The second kappa shape index (κ2) is 10.9. The van der Waals surface area contributed by atoms with Crippen LogP contribution in [0, 0.1) is 0 Å². The van der Waals surface area contributed by atoms with Crippen LogP contribution in [0.5, 0.6) is 11.5 Å². The largest absolute Gasteiger partial charge is 0.493 e. The molecule has 2 aromatic carbocycles. The van der Waals surface area contributed by atoms with E-state index in [0.717, 1.165) is 31.6 Å². The van der Waals surface area contributed by atoms with Crippen LogP contribution in [0.25, 0.3) is 0 Å². The van der Waals surface area contributed by atoms with Crippen LogP contribution < -0.4 is 25.1 Å². The number of carbonyl (C=O) groups is 1. The summed E-state index contributed by atoms with van der Waals surface area (Å²) in [6.07, 6.45) is 3.78. The number of hydrazone groups is 1. The highest BCUT2D eigenvalue weighted by Gasteiger charge is 2.17. The first-order valence-corrected chi connectivity index (χ1v) is 10.8. The lowest BCUT2D eigenvalue weighted by Crippen LogP contribution is -2.21. The molecular weight excluding hydrogens is 438 g/mol. The highest BCUT2D eigenvalue weighted by molar-refractivity contribution is 5.81. The van der Waals surface area contributed by atoms with E-state index < -0.39 is 12.6 Å². The number of anilines is 4. The number of nitrogens with one attached hydrogen (secondary N) is 2. The molecule has 2 heterocycles. The Morgan fingerprint density at radius 2 is 1.85 bits per heavy atom. The molecule has 0 unspecified atom stereocenters. The Morgan fingerprint density at radius 3 is 2.59 bits per heavy atom. The monoisotopic (exact) mass is 463 g/mol. The maximum Gasteiger partial charge on any atom is 0.341 e. The molecule has 1 fully saturated rings. The van der Waals surface area contributed by atoms with Crippen LogP contribution in [0.3, 0.4) is 0 Å². The number of hydrogen-bond donors (Lipinski definition) is 3. The van der Waals surface area contributed by atoms with Gasteiger partial charge in [0.15, 0.2) is 18.1 Å². The van der Waals surface area contributed by atoms with Gasteiger partial charge in [-0.3, -0.25) is 0 Å².